The molecule has 5 heterocycles. The van der Waals surface area contributed by atoms with Crippen LogP contribution in [-0.4, -0.2) is 317 Å². The van der Waals surface area contributed by atoms with E-state index in [1.54, 1.807) is 60.9 Å². The molecule has 0 radical (unpaired) electrons. The fraction of sp³-hybridized carbons (Fsp3) is 0.529. The normalized spacial score (nSPS) is 25.5. The lowest BCUT2D eigenvalue weighted by Crippen LogP contribution is -2.61. The Kier molecular flexibility index (Phi) is 37.5. The summed E-state index contributed by atoms with van der Waals surface area (Å²) in [6.45, 7) is 3.28. The molecule has 43 heteroatoms. The number of H-pyrrole nitrogens is 2. The number of para-hydroxylation sites is 2. The van der Waals surface area contributed by atoms with Gasteiger partial charge in [0.1, 0.15) is 90.3 Å². The number of nitrogens with two attached hydrogens (primary N) is 3. The number of hydrogen-bond donors (Lipinski definition) is 19. The van der Waals surface area contributed by atoms with Gasteiger partial charge in [0.05, 0.1) is 24.8 Å². The highest BCUT2D eigenvalue weighted by molar-refractivity contribution is 8.00. The van der Waals surface area contributed by atoms with Gasteiger partial charge in [-0.25, -0.2) is 0 Å². The van der Waals surface area contributed by atoms with Crippen LogP contribution in [0.5, 0.6) is 5.75 Å². The number of aliphatic hydroxyl groups excluding tert-OH is 2. The minimum absolute atomic E-state index is 0.00904. The van der Waals surface area contributed by atoms with Crippen molar-refractivity contribution < 1.29 is 107 Å². The van der Waals surface area contributed by atoms with Gasteiger partial charge >= 0.3 is 5.97 Å². The number of aliphatic carboxylic acids is 1. The Balaban J connectivity index is 1.17. The fourth-order valence-corrected chi connectivity index (χ4v) is 16.4. The van der Waals surface area contributed by atoms with Crippen LogP contribution < -0.4 is 70.4 Å². The quantitative estimate of drug-likeness (QED) is 0.0297. The molecule has 17 amide bonds. The number of primary amides is 2. The molecule has 3 saturated heterocycles. The lowest BCUT2D eigenvalue weighted by molar-refractivity contribution is -0.149. The highest BCUT2D eigenvalue weighted by Gasteiger charge is 2.46. The number of thioether (sulfide) groups is 1. The summed E-state index contributed by atoms with van der Waals surface area (Å²) in [7, 11) is 3.87. The van der Waals surface area contributed by atoms with Crippen molar-refractivity contribution in [2.75, 3.05) is 65.4 Å². The van der Waals surface area contributed by atoms with E-state index < -0.39 is 267 Å². The number of aliphatic hydroxyl groups is 2. The third-order valence-electron chi connectivity index (χ3n) is 22.9. The summed E-state index contributed by atoms with van der Waals surface area (Å²) in [5, 5.41) is 69.1. The zero-order chi connectivity index (χ0) is 93.9. The monoisotopic (exact) mass is 1800 g/mol. The van der Waals surface area contributed by atoms with Gasteiger partial charge in [-0.2, -0.15) is 0 Å². The molecule has 0 aliphatic carbocycles. The number of hydrogen-bond acceptors (Lipinski definition) is 23. The van der Waals surface area contributed by atoms with Gasteiger partial charge in [0, 0.05) is 119 Å². The van der Waals surface area contributed by atoms with Crippen molar-refractivity contribution in [1.82, 2.24) is 87.6 Å². The molecule has 0 saturated carbocycles. The molecule has 128 heavy (non-hydrogen) atoms. The Morgan fingerprint density at radius 2 is 1.06 bits per heavy atom. The molecule has 3 aliphatic rings. The van der Waals surface area contributed by atoms with Gasteiger partial charge in [-0.05, 0) is 93.3 Å². The van der Waals surface area contributed by atoms with Crippen LogP contribution in [0.2, 0.25) is 0 Å². The number of carboxylic acid groups (broad SMARTS) is 1. The summed E-state index contributed by atoms with van der Waals surface area (Å²) < 4.78 is 0. The Labute approximate surface area is 742 Å². The molecule has 2 aromatic heterocycles. The van der Waals surface area contributed by atoms with Crippen LogP contribution in [-0.2, 0) is 106 Å². The molecular weight excluding hydrogens is 1690 g/mol. The van der Waals surface area contributed by atoms with Crippen LogP contribution in [0.4, 0.5) is 0 Å². The topological polar surface area (TPSA) is 634 Å². The summed E-state index contributed by atoms with van der Waals surface area (Å²) >= 11 is 0.761. The first-order valence-electron chi connectivity index (χ1n) is 42.5. The maximum Gasteiger partial charge on any atom is 0.305 e. The summed E-state index contributed by atoms with van der Waals surface area (Å²) in [6.07, 6.45) is -0.489. The second-order valence-corrected chi connectivity index (χ2v) is 33.3. The number of nitrogens with one attached hydrogen (secondary N) is 12. The number of phenols is 1. The van der Waals surface area contributed by atoms with Crippen LogP contribution >= 0.6 is 11.8 Å². The van der Waals surface area contributed by atoms with Gasteiger partial charge < -0.3 is 125 Å². The Morgan fingerprint density at radius 3 is 1.66 bits per heavy atom. The number of phenolic OH excluding ortho intramolecular Hbond substituents is 1. The van der Waals surface area contributed by atoms with Gasteiger partial charge in [-0.15, -0.1) is 11.8 Å². The molecule has 3 aromatic carbocycles. The number of benzene rings is 3. The highest BCUT2D eigenvalue weighted by atomic mass is 32.2. The van der Waals surface area contributed by atoms with Gasteiger partial charge in [0.25, 0.3) is 0 Å². The SMILES string of the molecule is CCCC[C@H]1C(=O)N(C)[C@@H](CCCC)C(=O)N[C@@H](C)C(=O)N[C@H](C(=O)NCC(N)=O)CSCC(=O)N[C@@H](Cc2ccc(O)cc2)C(=O)N(C)[C@@H](C)C(=O)N[C@@H](CC(=O)O)C(=O)N2CCCC2C(=O)N[C@@H](CN)C(=O)N[C@@H](CCC(N)=O)C(=O)N2C[C@H](O)C[C@H]2C(=O)N[C@@H](Cc2c[nH]c3ccccc23)C(=O)N[C@@H](CCO)C(=O)N[C@@H](Cc2c[nH]c3ccccc23)C(=O)N1C. The van der Waals surface area contributed by atoms with Crippen molar-refractivity contribution in [2.24, 2.45) is 17.2 Å². The van der Waals surface area contributed by atoms with E-state index in [0.717, 1.165) is 36.3 Å². The number of aromatic hydroxyl groups is 1. The molecule has 3 fully saturated rings. The second kappa shape index (κ2) is 47.7. The van der Waals surface area contributed by atoms with Crippen LogP contribution in [0.3, 0.4) is 0 Å². The number of nitrogens with zero attached hydrogens (tertiary/aromatic N) is 5. The van der Waals surface area contributed by atoms with E-state index in [4.69, 9.17) is 17.2 Å². The van der Waals surface area contributed by atoms with Crippen LogP contribution in [0.25, 0.3) is 21.8 Å². The van der Waals surface area contributed by atoms with Gasteiger partial charge in [-0.1, -0.05) is 88.1 Å². The highest BCUT2D eigenvalue weighted by Crippen LogP contribution is 2.28. The van der Waals surface area contributed by atoms with Crippen molar-refractivity contribution in [3.63, 3.8) is 0 Å². The van der Waals surface area contributed by atoms with E-state index in [2.05, 4.69) is 63.1 Å². The molecule has 696 valence electrons. The summed E-state index contributed by atoms with van der Waals surface area (Å²) in [5.41, 5.74) is 19.7. The number of carbonyl (C=O) groups is 18. The number of rotatable bonds is 23. The largest absolute Gasteiger partial charge is 0.508 e. The number of carboxylic acids is 1. The van der Waals surface area contributed by atoms with Gasteiger partial charge in [0.15, 0.2) is 0 Å². The predicted molar refractivity (Wildman–Crippen MR) is 465 cm³/mol. The smallest absolute Gasteiger partial charge is 0.305 e. The van der Waals surface area contributed by atoms with Crippen molar-refractivity contribution >= 4 is 140 Å². The summed E-state index contributed by atoms with van der Waals surface area (Å²) in [6, 6.07) is -2.81. The third kappa shape index (κ3) is 27.4. The van der Waals surface area contributed by atoms with Gasteiger partial charge in [-0.3, -0.25) is 86.3 Å². The van der Waals surface area contributed by atoms with E-state index in [0.29, 0.717) is 64.2 Å². The van der Waals surface area contributed by atoms with Gasteiger partial charge in [0.2, 0.25) is 100 Å². The number of unbranched alkanes of at least 4 members (excludes halogenated alkanes) is 2. The zero-order valence-corrected chi connectivity index (χ0v) is 73.3. The first-order chi connectivity index (χ1) is 60.9. The Morgan fingerprint density at radius 1 is 0.531 bits per heavy atom. The average Bonchev–Trinajstić information content (AvgIpc) is 1.66. The Bertz CT molecular complexity index is 4860. The number of likely N-dealkylation sites (N-methyl/N-ethyl adjacent to an activating group) is 3. The molecule has 3 aliphatic heterocycles. The van der Waals surface area contributed by atoms with E-state index in [-0.39, 0.29) is 57.2 Å². The van der Waals surface area contributed by atoms with E-state index in [1.807, 2.05) is 13.8 Å². The third-order valence-corrected chi connectivity index (χ3v) is 23.9. The predicted octanol–water partition coefficient (Wildman–Crippen LogP) is -3.97. The number of carbonyl (C=O) groups excluding carboxylic acids is 17. The minimum Gasteiger partial charge on any atom is -0.508 e. The van der Waals surface area contributed by atoms with Crippen LogP contribution in [0, 0.1) is 0 Å². The first kappa shape index (κ1) is 101. The lowest BCUT2D eigenvalue weighted by Gasteiger charge is -2.36. The van der Waals surface area contributed by atoms with Crippen molar-refractivity contribution in [3.8, 4) is 5.75 Å². The fourth-order valence-electron chi connectivity index (χ4n) is 15.6. The maximum absolute atomic E-state index is 15.7. The molecule has 0 spiro atoms. The maximum atomic E-state index is 15.7. The first-order valence-corrected chi connectivity index (χ1v) is 43.7. The van der Waals surface area contributed by atoms with E-state index in [9.17, 15) is 78.0 Å². The second-order valence-electron chi connectivity index (χ2n) is 32.3. The molecule has 22 N–H and O–H groups in total. The molecule has 5 aromatic rings. The molecule has 42 nitrogen and oxygen atoms in total. The zero-order valence-electron chi connectivity index (χ0n) is 72.5. The van der Waals surface area contributed by atoms with Crippen molar-refractivity contribution in [3.05, 3.63) is 102 Å². The number of amides is 17. The van der Waals surface area contributed by atoms with Crippen molar-refractivity contribution in [1.29, 1.82) is 0 Å². The van der Waals surface area contributed by atoms with Crippen LogP contribution in [0.15, 0.2) is 85.2 Å². The number of fused-ring (bicyclic) bond motifs is 4. The van der Waals surface area contributed by atoms with E-state index >= 15 is 28.8 Å². The Hall–Kier alpha value is -12.8. The number of aromatic amines is 2. The number of aromatic nitrogens is 2. The van der Waals surface area contributed by atoms with E-state index in [1.165, 1.54) is 59.3 Å². The molecule has 0 bridgehead atoms. The molecule has 15 atom stereocenters. The summed E-state index contributed by atoms with van der Waals surface area (Å²) in [4.78, 5) is 270. The van der Waals surface area contributed by atoms with Crippen molar-refractivity contribution in [2.45, 2.75) is 221 Å². The van der Waals surface area contributed by atoms with Crippen LogP contribution in [0.1, 0.15) is 128 Å². The standard InChI is InChI=1S/C85H118N20O22S/c1-8-10-21-64-78(120)92-45(3)72(114)100-63(74(116)91-41-69(88)110)43-128-44-70(111)93-59(33-47-24-26-50(107)27-25-47)81(123)101(5)46(4)73(115)97-61(37-71(112)113)84(126)104-31-16-23-65(104)79(121)99-62(38-86)77(119)95-57(28-29-68(87)109)83(125)105-42-51(108)36-67(105)80(122)96-58(34-48-39-89-54-19-14-12-17-52(48)54)76(118)94-56(30-32-106)75(117)98-60(35-49-40-90-55-20-15-13-18-53(49)55)82(124)103(7)66(22-11-9-2)85(127)102(64)6/h12-15,17-20,24-27,39-40,45-46,51,56-67,89-90,106-108H,8-11,16,21-23,28-38,41-44,86H2,1-7H3,(H2,87,109)(H2,88,110)(H,91,116)(H,92,120)(H,93,111)(H,94,118)(H,95,119)(H,96,122)(H,97,115)(H,98,117)(H,99,121)(H,100,114)(H,112,113)/t45-,46-,51+,56-,57-,58-,59-,60-,61-,62-,63-,64-,65?,66-,67-/m0/s1. The average molecular weight is 1800 g/mol. The molecule has 1 unspecified atom stereocenters. The summed E-state index contributed by atoms with van der Waals surface area (Å²) in [5.74, 6) is -19.3. The molecular formula is C85H118N20O22S. The molecule has 8 rings (SSSR count). The minimum atomic E-state index is -1.92. The lowest BCUT2D eigenvalue weighted by atomic mass is 10.00.